The Balaban J connectivity index is 2.06. The van der Waals surface area contributed by atoms with Crippen molar-refractivity contribution in [2.75, 3.05) is 6.54 Å². The second kappa shape index (κ2) is 10.6. The number of carbonyl (C=O) groups is 3. The van der Waals surface area contributed by atoms with Gasteiger partial charge in [0, 0.05) is 17.1 Å². The number of rotatable bonds is 12. The lowest BCUT2D eigenvalue weighted by atomic mass is 9.90. The van der Waals surface area contributed by atoms with Crippen molar-refractivity contribution in [1.29, 1.82) is 0 Å². The number of nitrogens with two attached hydrogens (primary N) is 1. The van der Waals surface area contributed by atoms with Gasteiger partial charge in [0.1, 0.15) is 5.92 Å². The first-order chi connectivity index (χ1) is 13.5. The van der Waals surface area contributed by atoms with Crippen LogP contribution in [-0.4, -0.2) is 40.3 Å². The minimum absolute atomic E-state index is 0.127. The van der Waals surface area contributed by atoms with Crippen molar-refractivity contribution >= 4 is 28.6 Å². The van der Waals surface area contributed by atoms with Crippen LogP contribution < -0.4 is 11.1 Å². The fraction of sp³-hybridized carbons (Fsp3) is 0.476. The van der Waals surface area contributed by atoms with E-state index < -0.39 is 23.7 Å². The number of aromatic nitrogens is 1. The van der Waals surface area contributed by atoms with Crippen LogP contribution in [0.4, 0.5) is 0 Å². The van der Waals surface area contributed by atoms with Gasteiger partial charge in [0.25, 0.3) is 0 Å². The van der Waals surface area contributed by atoms with Crippen molar-refractivity contribution in [3.63, 3.8) is 0 Å². The Morgan fingerprint density at radius 3 is 2.61 bits per heavy atom. The van der Waals surface area contributed by atoms with Gasteiger partial charge in [-0.2, -0.15) is 0 Å². The van der Waals surface area contributed by atoms with Gasteiger partial charge in [0.2, 0.25) is 5.91 Å². The van der Waals surface area contributed by atoms with Gasteiger partial charge in [-0.05, 0) is 37.4 Å². The maximum Gasteiger partial charge on any atom is 0.314 e. The molecule has 0 radical (unpaired) electrons. The van der Waals surface area contributed by atoms with E-state index in [0.29, 0.717) is 32.2 Å². The lowest BCUT2D eigenvalue weighted by Gasteiger charge is -2.21. The van der Waals surface area contributed by atoms with E-state index in [2.05, 4.69) is 10.3 Å². The van der Waals surface area contributed by atoms with Crippen LogP contribution in [0.3, 0.4) is 0 Å². The van der Waals surface area contributed by atoms with Crippen LogP contribution in [0.15, 0.2) is 30.5 Å². The van der Waals surface area contributed by atoms with E-state index >= 15 is 0 Å². The first kappa shape index (κ1) is 21.6. The predicted molar refractivity (Wildman–Crippen MR) is 108 cm³/mol. The molecule has 7 heteroatoms. The van der Waals surface area contributed by atoms with Crippen molar-refractivity contribution in [3.8, 4) is 0 Å². The van der Waals surface area contributed by atoms with E-state index in [1.807, 2.05) is 31.2 Å². The average molecular weight is 387 g/mol. The summed E-state index contributed by atoms with van der Waals surface area (Å²) in [5.41, 5.74) is 7.24. The summed E-state index contributed by atoms with van der Waals surface area (Å²) in [5.74, 6) is -2.98. The van der Waals surface area contributed by atoms with E-state index in [1.54, 1.807) is 6.20 Å². The minimum atomic E-state index is -1.14. The highest BCUT2D eigenvalue weighted by Gasteiger charge is 2.32. The zero-order chi connectivity index (χ0) is 20.5. The Bertz CT molecular complexity index is 815. The number of carboxylic acids is 1. The molecule has 0 saturated carbocycles. The third-order valence-electron chi connectivity index (χ3n) is 4.87. The lowest BCUT2D eigenvalue weighted by molar-refractivity contribution is -0.148. The number of aromatic amines is 1. The predicted octanol–water partition coefficient (Wildman–Crippen LogP) is 2.39. The van der Waals surface area contributed by atoms with Crippen molar-refractivity contribution in [1.82, 2.24) is 10.3 Å². The van der Waals surface area contributed by atoms with Gasteiger partial charge in [-0.1, -0.05) is 38.0 Å². The third kappa shape index (κ3) is 5.66. The monoisotopic (exact) mass is 387 g/mol. The number of ketones is 1. The van der Waals surface area contributed by atoms with Gasteiger partial charge in [-0.15, -0.1) is 0 Å². The number of hydrogen-bond donors (Lipinski definition) is 4. The number of unbranched alkanes of at least 4 members (excludes halogenated alkanes) is 1. The molecule has 2 aromatic rings. The summed E-state index contributed by atoms with van der Waals surface area (Å²) >= 11 is 0. The zero-order valence-electron chi connectivity index (χ0n) is 16.2. The number of benzene rings is 1. The van der Waals surface area contributed by atoms with Crippen LogP contribution in [0.2, 0.25) is 0 Å². The number of hydrogen-bond acceptors (Lipinski definition) is 4. The molecule has 1 aromatic carbocycles. The standard InChI is InChI=1S/C21H29N3O4/c1-2-7-18(20(26)16(21(27)28)9-5-6-11-22)24-19(25)12-14-13-23-17-10-4-3-8-15(14)17/h3-4,8,10,13,16,18,23H,2,5-7,9,11-12,22H2,1H3,(H,24,25)(H,27,28). The smallest absolute Gasteiger partial charge is 0.314 e. The first-order valence-corrected chi connectivity index (χ1v) is 9.78. The first-order valence-electron chi connectivity index (χ1n) is 9.78. The molecule has 0 saturated heterocycles. The molecule has 2 rings (SSSR count). The Labute approximate surface area is 164 Å². The molecule has 1 heterocycles. The molecule has 0 aliphatic carbocycles. The second-order valence-electron chi connectivity index (χ2n) is 7.02. The van der Waals surface area contributed by atoms with E-state index in [9.17, 15) is 19.5 Å². The molecule has 0 fully saturated rings. The number of Topliss-reactive ketones (excluding diaryl/α,β-unsaturated/α-hetero) is 1. The lowest BCUT2D eigenvalue weighted by Crippen LogP contribution is -2.45. The number of carboxylic acid groups (broad SMARTS) is 1. The number of H-pyrrole nitrogens is 1. The molecule has 7 nitrogen and oxygen atoms in total. The number of fused-ring (bicyclic) bond motifs is 1. The molecular formula is C21H29N3O4. The highest BCUT2D eigenvalue weighted by Crippen LogP contribution is 2.19. The fourth-order valence-corrected chi connectivity index (χ4v) is 3.39. The van der Waals surface area contributed by atoms with Crippen molar-refractivity contribution in [2.24, 2.45) is 11.7 Å². The highest BCUT2D eigenvalue weighted by atomic mass is 16.4. The summed E-state index contributed by atoms with van der Waals surface area (Å²) < 4.78 is 0. The van der Waals surface area contributed by atoms with Crippen LogP contribution in [0.25, 0.3) is 10.9 Å². The van der Waals surface area contributed by atoms with E-state index in [1.165, 1.54) is 0 Å². The Morgan fingerprint density at radius 1 is 1.18 bits per heavy atom. The van der Waals surface area contributed by atoms with Gasteiger partial charge < -0.3 is 21.1 Å². The van der Waals surface area contributed by atoms with Crippen molar-refractivity contribution in [3.05, 3.63) is 36.0 Å². The van der Waals surface area contributed by atoms with Gasteiger partial charge in [0.15, 0.2) is 5.78 Å². The van der Waals surface area contributed by atoms with E-state index in [-0.39, 0.29) is 18.7 Å². The summed E-state index contributed by atoms with van der Waals surface area (Å²) in [4.78, 5) is 40.0. The second-order valence-corrected chi connectivity index (χ2v) is 7.02. The Morgan fingerprint density at radius 2 is 1.93 bits per heavy atom. The van der Waals surface area contributed by atoms with Gasteiger partial charge in [0.05, 0.1) is 12.5 Å². The molecular weight excluding hydrogens is 358 g/mol. The number of para-hydroxylation sites is 1. The van der Waals surface area contributed by atoms with Crippen molar-refractivity contribution in [2.45, 2.75) is 51.5 Å². The molecule has 28 heavy (non-hydrogen) atoms. The number of amides is 1. The van der Waals surface area contributed by atoms with Crippen LogP contribution in [-0.2, 0) is 20.8 Å². The largest absolute Gasteiger partial charge is 0.481 e. The molecule has 152 valence electrons. The van der Waals surface area contributed by atoms with Crippen LogP contribution in [0.1, 0.15) is 44.6 Å². The molecule has 5 N–H and O–H groups in total. The van der Waals surface area contributed by atoms with Crippen LogP contribution >= 0.6 is 0 Å². The maximum atomic E-state index is 12.8. The Kier molecular flexibility index (Phi) is 8.19. The Hall–Kier alpha value is -2.67. The van der Waals surface area contributed by atoms with E-state index in [4.69, 9.17) is 5.73 Å². The van der Waals surface area contributed by atoms with Crippen LogP contribution in [0, 0.1) is 5.92 Å². The topological polar surface area (TPSA) is 125 Å². The summed E-state index contributed by atoms with van der Waals surface area (Å²) in [7, 11) is 0. The molecule has 0 spiro atoms. The minimum Gasteiger partial charge on any atom is -0.481 e. The quantitative estimate of drug-likeness (QED) is 0.329. The number of nitrogens with one attached hydrogen (secondary N) is 2. The molecule has 0 bridgehead atoms. The van der Waals surface area contributed by atoms with E-state index in [0.717, 1.165) is 16.5 Å². The van der Waals surface area contributed by atoms with Gasteiger partial charge in [-0.3, -0.25) is 14.4 Å². The van der Waals surface area contributed by atoms with Gasteiger partial charge in [-0.25, -0.2) is 0 Å². The highest BCUT2D eigenvalue weighted by molar-refractivity contribution is 6.02. The molecule has 0 aliphatic heterocycles. The van der Waals surface area contributed by atoms with Gasteiger partial charge >= 0.3 is 5.97 Å². The average Bonchev–Trinajstić information content (AvgIpc) is 3.07. The molecule has 1 aromatic heterocycles. The molecule has 0 aliphatic rings. The van der Waals surface area contributed by atoms with Crippen LogP contribution in [0.5, 0.6) is 0 Å². The van der Waals surface area contributed by atoms with Crippen molar-refractivity contribution < 1.29 is 19.5 Å². The summed E-state index contributed by atoms with van der Waals surface area (Å²) in [6, 6.07) is 6.89. The molecule has 1 amide bonds. The third-order valence-corrected chi connectivity index (χ3v) is 4.87. The summed E-state index contributed by atoms with van der Waals surface area (Å²) in [5, 5.41) is 13.2. The fourth-order valence-electron chi connectivity index (χ4n) is 3.39. The zero-order valence-corrected chi connectivity index (χ0v) is 16.2. The molecule has 2 atom stereocenters. The number of aliphatic carboxylic acids is 1. The number of carbonyl (C=O) groups excluding carboxylic acids is 2. The summed E-state index contributed by atoms with van der Waals surface area (Å²) in [6.45, 7) is 2.36. The molecule has 2 unspecified atom stereocenters. The SMILES string of the molecule is CCCC(NC(=O)Cc1c[nH]c2ccccc12)C(=O)C(CCCCN)C(=O)O. The maximum absolute atomic E-state index is 12.8. The normalized spacial score (nSPS) is 13.2. The summed E-state index contributed by atoms with van der Waals surface area (Å²) in [6.07, 6.45) is 4.47.